The number of carbonyl (C=O) groups is 1. The molecule has 0 spiro atoms. The van der Waals surface area contributed by atoms with E-state index in [0.717, 1.165) is 68.5 Å². The van der Waals surface area contributed by atoms with Gasteiger partial charge in [0.2, 0.25) is 0 Å². The average Bonchev–Trinajstić information content (AvgIpc) is 3.46. The van der Waals surface area contributed by atoms with Gasteiger partial charge in [0.05, 0.1) is 0 Å². The fourth-order valence-electron chi connectivity index (χ4n) is 4.87. The van der Waals surface area contributed by atoms with Gasteiger partial charge in [0.25, 0.3) is 0 Å². The summed E-state index contributed by atoms with van der Waals surface area (Å²) in [7, 11) is -3.26. The normalized spacial score (nSPS) is 22.2. The Labute approximate surface area is 175 Å². The van der Waals surface area contributed by atoms with Crippen molar-refractivity contribution < 1.29 is 9.00 Å². The predicted octanol–water partition coefficient (Wildman–Crippen LogP) is 4.08. The minimum Gasteiger partial charge on any atom is -0.309 e. The first-order valence-corrected chi connectivity index (χ1v) is 12.8. The fourth-order valence-corrected chi connectivity index (χ4v) is 7.24. The van der Waals surface area contributed by atoms with Gasteiger partial charge in [-0.05, 0) is 92.3 Å². The molecule has 5 rings (SSSR count). The minimum absolute atomic E-state index is 0.285. The van der Waals surface area contributed by atoms with Gasteiger partial charge < -0.3 is 10.6 Å². The highest BCUT2D eigenvalue weighted by atomic mass is 32.2. The Morgan fingerprint density at radius 1 is 1.14 bits per heavy atom. The van der Waals surface area contributed by atoms with Crippen molar-refractivity contribution in [3.05, 3.63) is 45.3 Å². The van der Waals surface area contributed by atoms with E-state index in [0.29, 0.717) is 4.21 Å². The summed E-state index contributed by atoms with van der Waals surface area (Å²) in [5.74, 6) is 0. The van der Waals surface area contributed by atoms with Crippen LogP contribution >= 0.6 is 11.3 Å². The van der Waals surface area contributed by atoms with Gasteiger partial charge in [-0.3, -0.25) is 0 Å². The number of amides is 2. The Morgan fingerprint density at radius 2 is 1.86 bits per heavy atom. The molecule has 2 heterocycles. The Balaban J connectivity index is 1.42. The molecule has 4 N–H and O–H groups in total. The SMILES string of the molecule is NS(=O)(=NC(=O)Nc1c2c(cc3c1CCC3)CCC2)c1ccc([C@H]2CCCN2)s1. The van der Waals surface area contributed by atoms with E-state index in [1.807, 2.05) is 6.07 Å². The fraction of sp³-hybridized carbons (Fsp3) is 0.476. The quantitative estimate of drug-likeness (QED) is 0.684. The molecule has 2 amide bonds. The highest BCUT2D eigenvalue weighted by molar-refractivity contribution is 7.93. The topological polar surface area (TPSA) is 96.6 Å². The second-order valence-electron chi connectivity index (χ2n) is 8.13. The first-order valence-electron chi connectivity index (χ1n) is 10.4. The molecule has 154 valence electrons. The van der Waals surface area contributed by atoms with Crippen molar-refractivity contribution in [3.63, 3.8) is 0 Å². The number of nitrogens with two attached hydrogens (primary N) is 1. The van der Waals surface area contributed by atoms with Crippen LogP contribution in [0.15, 0.2) is 26.8 Å². The number of rotatable bonds is 3. The third-order valence-corrected chi connectivity index (χ3v) is 9.33. The summed E-state index contributed by atoms with van der Waals surface area (Å²) in [5.41, 5.74) is 6.02. The molecule has 2 aromatic rings. The summed E-state index contributed by atoms with van der Waals surface area (Å²) in [4.78, 5) is 13.8. The van der Waals surface area contributed by atoms with Gasteiger partial charge in [0, 0.05) is 16.6 Å². The molecule has 3 aliphatic rings. The van der Waals surface area contributed by atoms with Crippen molar-refractivity contribution in [1.82, 2.24) is 5.32 Å². The van der Waals surface area contributed by atoms with Gasteiger partial charge >= 0.3 is 6.03 Å². The number of nitrogens with one attached hydrogen (secondary N) is 2. The van der Waals surface area contributed by atoms with Crippen LogP contribution in [0.2, 0.25) is 0 Å². The lowest BCUT2D eigenvalue weighted by atomic mass is 9.99. The van der Waals surface area contributed by atoms with Gasteiger partial charge in [-0.2, -0.15) is 0 Å². The third kappa shape index (κ3) is 3.63. The lowest BCUT2D eigenvalue weighted by Crippen LogP contribution is -2.18. The molecule has 0 saturated carbocycles. The van der Waals surface area contributed by atoms with Crippen LogP contribution in [0.1, 0.15) is 58.9 Å². The molecule has 8 heteroatoms. The summed E-state index contributed by atoms with van der Waals surface area (Å²) in [6.07, 6.45) is 8.48. The van der Waals surface area contributed by atoms with Crippen molar-refractivity contribution in [1.29, 1.82) is 0 Å². The van der Waals surface area contributed by atoms with Crippen LogP contribution in [-0.2, 0) is 35.6 Å². The van der Waals surface area contributed by atoms with E-state index >= 15 is 0 Å². The van der Waals surface area contributed by atoms with Crippen molar-refractivity contribution in [2.45, 2.75) is 61.6 Å². The van der Waals surface area contributed by atoms with Gasteiger partial charge in [-0.1, -0.05) is 6.07 Å². The monoisotopic (exact) mass is 430 g/mol. The lowest BCUT2D eigenvalue weighted by Gasteiger charge is -2.15. The molecule has 1 saturated heterocycles. The Bertz CT molecular complexity index is 1060. The van der Waals surface area contributed by atoms with Gasteiger partial charge in [-0.15, -0.1) is 15.7 Å². The number of nitrogens with zero attached hydrogens (tertiary/aromatic N) is 1. The maximum absolute atomic E-state index is 13.0. The number of hydrogen-bond donors (Lipinski definition) is 3. The number of thiophene rings is 1. The van der Waals surface area contributed by atoms with E-state index in [-0.39, 0.29) is 6.04 Å². The molecule has 1 aromatic heterocycles. The van der Waals surface area contributed by atoms with Crippen molar-refractivity contribution in [3.8, 4) is 0 Å². The first-order chi connectivity index (χ1) is 14.0. The third-order valence-electron chi connectivity index (χ3n) is 6.22. The smallest absolute Gasteiger partial charge is 0.309 e. The second-order valence-corrected chi connectivity index (χ2v) is 11.3. The molecule has 1 unspecified atom stereocenters. The molecule has 0 bridgehead atoms. The zero-order chi connectivity index (χ0) is 20.0. The summed E-state index contributed by atoms with van der Waals surface area (Å²) >= 11 is 1.39. The van der Waals surface area contributed by atoms with Crippen LogP contribution in [0.4, 0.5) is 10.5 Å². The summed E-state index contributed by atoms with van der Waals surface area (Å²) in [5, 5.41) is 12.4. The molecule has 1 aromatic carbocycles. The van der Waals surface area contributed by atoms with Gasteiger partial charge in [0.1, 0.15) is 4.21 Å². The lowest BCUT2D eigenvalue weighted by molar-refractivity contribution is 0.260. The number of fused-ring (bicyclic) bond motifs is 2. The van der Waals surface area contributed by atoms with E-state index in [9.17, 15) is 9.00 Å². The standard InChI is InChI=1S/C21H26N4O2S2/c22-29(27,19-10-9-18(28-19)17-8-3-11-23-17)25-21(26)24-20-15-6-1-4-13(15)12-14-5-2-7-16(14)20/h9-10,12,17,23H,1-8,11H2,(H3,22,24,25,26,27)/t17-,29?/m1/s1. The molecule has 29 heavy (non-hydrogen) atoms. The maximum Gasteiger partial charge on any atom is 0.354 e. The number of aryl methyl sites for hydroxylation is 2. The molecule has 1 fully saturated rings. The highest BCUT2D eigenvalue weighted by Gasteiger charge is 2.26. The molecule has 6 nitrogen and oxygen atoms in total. The predicted molar refractivity (Wildman–Crippen MR) is 117 cm³/mol. The Hall–Kier alpha value is -1.74. The van der Waals surface area contributed by atoms with Crippen molar-refractivity contribution in [2.24, 2.45) is 9.50 Å². The molecule has 2 atom stereocenters. The minimum atomic E-state index is -3.26. The molecule has 2 aliphatic carbocycles. The van der Waals surface area contributed by atoms with E-state index in [1.54, 1.807) is 6.07 Å². The number of benzene rings is 1. The largest absolute Gasteiger partial charge is 0.354 e. The maximum atomic E-state index is 13.0. The first kappa shape index (κ1) is 19.2. The van der Waals surface area contributed by atoms with Crippen LogP contribution in [0.25, 0.3) is 0 Å². The van der Waals surface area contributed by atoms with Crippen LogP contribution in [0.3, 0.4) is 0 Å². The summed E-state index contributed by atoms with van der Waals surface area (Å²) in [6.45, 7) is 0.994. The zero-order valence-corrected chi connectivity index (χ0v) is 18.0. The Morgan fingerprint density at radius 3 is 2.52 bits per heavy atom. The van der Waals surface area contributed by atoms with Crippen LogP contribution in [0, 0.1) is 0 Å². The average molecular weight is 431 g/mol. The van der Waals surface area contributed by atoms with Crippen molar-refractivity contribution >= 4 is 33.0 Å². The van der Waals surface area contributed by atoms with E-state index in [2.05, 4.69) is 21.1 Å². The van der Waals surface area contributed by atoms with Crippen LogP contribution in [0.5, 0.6) is 0 Å². The van der Waals surface area contributed by atoms with Crippen LogP contribution in [-0.4, -0.2) is 16.8 Å². The molecule has 0 radical (unpaired) electrons. The van der Waals surface area contributed by atoms with E-state index < -0.39 is 15.9 Å². The zero-order valence-electron chi connectivity index (χ0n) is 16.3. The number of carbonyl (C=O) groups excluding carboxylic acids is 1. The number of anilines is 1. The second kappa shape index (κ2) is 7.50. The van der Waals surface area contributed by atoms with E-state index in [4.69, 9.17) is 5.14 Å². The van der Waals surface area contributed by atoms with Gasteiger partial charge in [0.15, 0.2) is 9.92 Å². The van der Waals surface area contributed by atoms with Gasteiger partial charge in [-0.25, -0.2) is 14.1 Å². The number of hydrogen-bond acceptors (Lipinski definition) is 4. The molecule has 1 aliphatic heterocycles. The summed E-state index contributed by atoms with van der Waals surface area (Å²) < 4.78 is 17.4. The van der Waals surface area contributed by atoms with E-state index in [1.165, 1.54) is 33.6 Å². The Kier molecular flexibility index (Phi) is 4.98. The molecular formula is C21H26N4O2S2. The van der Waals surface area contributed by atoms with Crippen molar-refractivity contribution in [2.75, 3.05) is 11.9 Å². The molecular weight excluding hydrogens is 404 g/mol. The summed E-state index contributed by atoms with van der Waals surface area (Å²) in [6, 6.07) is 5.68. The highest BCUT2D eigenvalue weighted by Crippen LogP contribution is 2.39. The van der Waals surface area contributed by atoms with Crippen LogP contribution < -0.4 is 15.8 Å². The number of urea groups is 1.